The fraction of sp³-hybridized carbons (Fsp3) is 0.111. The van der Waals surface area contributed by atoms with Crippen molar-refractivity contribution < 1.29 is 19.8 Å². The third-order valence-corrected chi connectivity index (χ3v) is 3.95. The van der Waals surface area contributed by atoms with Crippen LogP contribution in [0.3, 0.4) is 0 Å². The molecule has 2 atom stereocenters. The highest BCUT2D eigenvalue weighted by Crippen LogP contribution is 2.51. The summed E-state index contributed by atoms with van der Waals surface area (Å²) >= 11 is 0. The zero-order valence-corrected chi connectivity index (χ0v) is 11.6. The van der Waals surface area contributed by atoms with Crippen molar-refractivity contribution in [3.05, 3.63) is 71.8 Å². The molecule has 2 aromatic rings. The Kier molecular flexibility index (Phi) is 3.51. The molecule has 110 valence electrons. The zero-order valence-electron chi connectivity index (χ0n) is 11.6. The second kappa shape index (κ2) is 5.48. The lowest BCUT2D eigenvalue weighted by molar-refractivity contribution is -0.150. The number of hydrogen-bond donors (Lipinski definition) is 2. The summed E-state index contributed by atoms with van der Waals surface area (Å²) in [5, 5.41) is 18.9. The van der Waals surface area contributed by atoms with Crippen molar-refractivity contribution in [1.29, 1.82) is 0 Å². The highest BCUT2D eigenvalue weighted by Gasteiger charge is 2.50. The van der Waals surface area contributed by atoms with Gasteiger partial charge >= 0.3 is 11.9 Å². The Bertz CT molecular complexity index is 682. The minimum absolute atomic E-state index is 0.590. The molecule has 1 aliphatic rings. The van der Waals surface area contributed by atoms with Crippen molar-refractivity contribution >= 4 is 23.1 Å². The summed E-state index contributed by atoms with van der Waals surface area (Å²) in [6.45, 7) is 0. The van der Waals surface area contributed by atoms with Crippen molar-refractivity contribution in [2.75, 3.05) is 0 Å². The van der Waals surface area contributed by atoms with E-state index in [1.54, 1.807) is 0 Å². The van der Waals surface area contributed by atoms with Crippen molar-refractivity contribution in [2.45, 2.75) is 0 Å². The zero-order chi connectivity index (χ0) is 15.7. The van der Waals surface area contributed by atoms with Gasteiger partial charge in [-0.2, -0.15) is 0 Å². The smallest absolute Gasteiger partial charge is 0.312 e. The number of carboxylic acid groups (broad SMARTS) is 2. The molecule has 0 fully saturated rings. The molecule has 0 aliphatic heterocycles. The van der Waals surface area contributed by atoms with Crippen molar-refractivity contribution in [3.63, 3.8) is 0 Å². The monoisotopic (exact) mass is 294 g/mol. The number of rotatable bonds is 4. The van der Waals surface area contributed by atoms with E-state index >= 15 is 0 Å². The first kappa shape index (κ1) is 14.1. The van der Waals surface area contributed by atoms with E-state index in [4.69, 9.17) is 0 Å². The first-order chi connectivity index (χ1) is 10.6. The topological polar surface area (TPSA) is 74.6 Å². The van der Waals surface area contributed by atoms with Crippen LogP contribution < -0.4 is 0 Å². The Labute approximate surface area is 127 Å². The number of carboxylic acids is 2. The van der Waals surface area contributed by atoms with Crippen LogP contribution in [-0.2, 0) is 9.59 Å². The lowest BCUT2D eigenvalue weighted by Crippen LogP contribution is -2.40. The minimum atomic E-state index is -1.11. The number of hydrogen-bond acceptors (Lipinski definition) is 2. The maximum atomic E-state index is 11.6. The van der Waals surface area contributed by atoms with Crippen LogP contribution in [0, 0.1) is 11.8 Å². The molecule has 0 heterocycles. The van der Waals surface area contributed by atoms with E-state index in [-0.39, 0.29) is 0 Å². The van der Waals surface area contributed by atoms with E-state index in [0.717, 1.165) is 11.1 Å². The fourth-order valence-corrected chi connectivity index (χ4v) is 3.01. The van der Waals surface area contributed by atoms with Gasteiger partial charge in [-0.3, -0.25) is 9.59 Å². The summed E-state index contributed by atoms with van der Waals surface area (Å²) in [7, 11) is 0. The molecular formula is C18H14O4. The van der Waals surface area contributed by atoms with Crippen molar-refractivity contribution in [2.24, 2.45) is 11.8 Å². The van der Waals surface area contributed by atoms with Gasteiger partial charge in [-0.25, -0.2) is 0 Å². The highest BCUT2D eigenvalue weighted by atomic mass is 16.4. The van der Waals surface area contributed by atoms with Crippen LogP contribution in [0.25, 0.3) is 11.1 Å². The van der Waals surface area contributed by atoms with Gasteiger partial charge in [-0.15, -0.1) is 0 Å². The second-order valence-electron chi connectivity index (χ2n) is 5.19. The van der Waals surface area contributed by atoms with Crippen molar-refractivity contribution in [3.8, 4) is 0 Å². The quantitative estimate of drug-likeness (QED) is 0.909. The predicted molar refractivity (Wildman–Crippen MR) is 81.9 cm³/mol. The summed E-state index contributed by atoms with van der Waals surface area (Å²) < 4.78 is 0. The molecule has 0 aromatic heterocycles. The van der Waals surface area contributed by atoms with Gasteiger partial charge in [-0.05, 0) is 22.3 Å². The van der Waals surface area contributed by atoms with Gasteiger partial charge in [0.1, 0.15) is 0 Å². The van der Waals surface area contributed by atoms with E-state index in [0.29, 0.717) is 11.1 Å². The molecule has 4 heteroatoms. The van der Waals surface area contributed by atoms with Gasteiger partial charge in [-0.1, -0.05) is 60.7 Å². The van der Waals surface area contributed by atoms with Gasteiger partial charge in [0.05, 0.1) is 11.8 Å². The molecule has 0 saturated heterocycles. The Balaban J connectivity index is 2.23. The van der Waals surface area contributed by atoms with E-state index in [2.05, 4.69) is 0 Å². The number of benzene rings is 2. The Morgan fingerprint density at radius 2 is 0.955 bits per heavy atom. The maximum Gasteiger partial charge on any atom is 0.312 e. The molecule has 0 spiro atoms. The molecule has 0 amide bonds. The summed E-state index contributed by atoms with van der Waals surface area (Å²) in [6, 6.07) is 18.2. The van der Waals surface area contributed by atoms with Gasteiger partial charge in [0.25, 0.3) is 0 Å². The van der Waals surface area contributed by atoms with Crippen LogP contribution in [0.2, 0.25) is 0 Å². The molecule has 4 nitrogen and oxygen atoms in total. The SMILES string of the molecule is O=C(O)C1C(c2ccccc2)=C(c2ccccc2)C1C(=O)O. The molecule has 1 aliphatic carbocycles. The molecular weight excluding hydrogens is 280 g/mol. The first-order valence-electron chi connectivity index (χ1n) is 6.91. The maximum absolute atomic E-state index is 11.6. The lowest BCUT2D eigenvalue weighted by Gasteiger charge is -2.37. The van der Waals surface area contributed by atoms with Crippen LogP contribution >= 0.6 is 0 Å². The molecule has 3 rings (SSSR count). The minimum Gasteiger partial charge on any atom is -0.481 e. The van der Waals surface area contributed by atoms with Crippen LogP contribution in [0.15, 0.2) is 60.7 Å². The summed E-state index contributed by atoms with van der Waals surface area (Å²) in [5.74, 6) is -4.25. The van der Waals surface area contributed by atoms with E-state index in [1.165, 1.54) is 0 Å². The largest absolute Gasteiger partial charge is 0.481 e. The second-order valence-corrected chi connectivity index (χ2v) is 5.19. The molecule has 2 unspecified atom stereocenters. The normalized spacial score (nSPS) is 20.4. The van der Waals surface area contributed by atoms with Gasteiger partial charge in [0.2, 0.25) is 0 Å². The van der Waals surface area contributed by atoms with Crippen molar-refractivity contribution in [1.82, 2.24) is 0 Å². The molecule has 22 heavy (non-hydrogen) atoms. The molecule has 0 bridgehead atoms. The number of aliphatic carboxylic acids is 2. The Morgan fingerprint density at radius 3 is 1.23 bits per heavy atom. The van der Waals surface area contributed by atoms with Crippen LogP contribution in [0.1, 0.15) is 11.1 Å². The van der Waals surface area contributed by atoms with Gasteiger partial charge < -0.3 is 10.2 Å². The standard InChI is InChI=1S/C18H14O4/c19-17(20)15-13(11-7-3-1-4-8-11)14(16(15)18(21)22)12-9-5-2-6-10-12/h1-10,15-16H,(H,19,20)(H,21,22). The number of carbonyl (C=O) groups is 2. The van der Waals surface area contributed by atoms with E-state index < -0.39 is 23.8 Å². The molecule has 2 N–H and O–H groups in total. The van der Waals surface area contributed by atoms with Crippen LogP contribution in [0.4, 0.5) is 0 Å². The third-order valence-electron chi connectivity index (χ3n) is 3.95. The fourth-order valence-electron chi connectivity index (χ4n) is 3.01. The summed E-state index contributed by atoms with van der Waals surface area (Å²) in [5.41, 5.74) is 2.69. The van der Waals surface area contributed by atoms with E-state index in [9.17, 15) is 19.8 Å². The average molecular weight is 294 g/mol. The van der Waals surface area contributed by atoms with E-state index in [1.807, 2.05) is 60.7 Å². The molecule has 2 aromatic carbocycles. The van der Waals surface area contributed by atoms with Crippen LogP contribution in [0.5, 0.6) is 0 Å². The predicted octanol–water partition coefficient (Wildman–Crippen LogP) is 3.01. The molecule has 0 saturated carbocycles. The summed E-state index contributed by atoms with van der Waals surface area (Å²) in [6.07, 6.45) is 0. The summed E-state index contributed by atoms with van der Waals surface area (Å²) in [4.78, 5) is 23.1. The third kappa shape index (κ3) is 2.19. The lowest BCUT2D eigenvalue weighted by atomic mass is 9.63. The van der Waals surface area contributed by atoms with Gasteiger partial charge in [0.15, 0.2) is 0 Å². The average Bonchev–Trinajstić information content (AvgIpc) is 2.47. The molecule has 0 radical (unpaired) electrons. The Morgan fingerprint density at radius 1 is 0.636 bits per heavy atom. The Hall–Kier alpha value is -2.88. The van der Waals surface area contributed by atoms with Gasteiger partial charge in [0, 0.05) is 0 Å². The first-order valence-corrected chi connectivity index (χ1v) is 6.91. The van der Waals surface area contributed by atoms with Crippen LogP contribution in [-0.4, -0.2) is 22.2 Å². The highest BCUT2D eigenvalue weighted by molar-refractivity contribution is 6.15.